The predicted octanol–water partition coefficient (Wildman–Crippen LogP) is -0.0834. The van der Waals surface area contributed by atoms with Gasteiger partial charge >= 0.3 is 6.03 Å². The van der Waals surface area contributed by atoms with E-state index in [1.165, 1.54) is 8.61 Å². The number of hydrogen-bond donors (Lipinski definition) is 2. The number of nitrogens with zero attached hydrogens (tertiary/aromatic N) is 3. The molecular weight excluding hydrogens is 410 g/mol. The molecule has 3 fully saturated rings. The first-order chi connectivity index (χ1) is 13.9. The van der Waals surface area contributed by atoms with Crippen molar-refractivity contribution in [1.82, 2.24) is 24.1 Å². The molecule has 0 aromatic heterocycles. The van der Waals surface area contributed by atoms with E-state index in [1.54, 1.807) is 11.9 Å². The lowest BCUT2D eigenvalue weighted by Gasteiger charge is -2.38. The van der Waals surface area contributed by atoms with Crippen molar-refractivity contribution in [3.8, 4) is 0 Å². The van der Waals surface area contributed by atoms with Crippen LogP contribution in [0.15, 0.2) is 0 Å². The summed E-state index contributed by atoms with van der Waals surface area (Å²) in [4.78, 5) is 38.3. The standard InChI is InChI=1S/C19H33N5O5S/c1-18(2,3)14(13-23-9-6-8-22(4)30(23,28)29)21-17(27)20-12-16(26)24-10-5-7-19(24)11-15(19)25/h14H,5-13H2,1-4H3,(H2,20,21,27). The Bertz CT molecular complexity index is 824. The second-order valence-corrected chi connectivity index (χ2v) is 11.6. The van der Waals surface area contributed by atoms with Crippen molar-refractivity contribution in [2.24, 2.45) is 5.41 Å². The highest BCUT2D eigenvalue weighted by molar-refractivity contribution is 7.86. The number of likely N-dealkylation sites (tertiary alicyclic amines) is 1. The smallest absolute Gasteiger partial charge is 0.315 e. The maximum atomic E-state index is 12.6. The molecule has 170 valence electrons. The molecule has 1 saturated carbocycles. The normalized spacial score (nSPS) is 27.9. The van der Waals surface area contributed by atoms with E-state index in [9.17, 15) is 22.8 Å². The Morgan fingerprint density at radius 3 is 2.43 bits per heavy atom. The van der Waals surface area contributed by atoms with Crippen molar-refractivity contribution in [3.63, 3.8) is 0 Å². The number of carbonyl (C=O) groups excluding carboxylic acids is 3. The zero-order valence-corrected chi connectivity index (χ0v) is 19.0. The molecule has 1 aliphatic carbocycles. The highest BCUT2D eigenvalue weighted by Crippen LogP contribution is 2.45. The highest BCUT2D eigenvalue weighted by Gasteiger charge is 2.61. The Balaban J connectivity index is 1.57. The van der Waals surface area contributed by atoms with E-state index in [2.05, 4.69) is 10.6 Å². The molecule has 2 atom stereocenters. The molecule has 0 aromatic rings. The van der Waals surface area contributed by atoms with Crippen LogP contribution in [0.2, 0.25) is 0 Å². The van der Waals surface area contributed by atoms with Gasteiger partial charge in [0.15, 0.2) is 5.78 Å². The third kappa shape index (κ3) is 4.47. The number of Topliss-reactive ketones (excluding diaryl/α,β-unsaturated/α-hetero) is 1. The lowest BCUT2D eigenvalue weighted by molar-refractivity contribution is -0.133. The number of nitrogens with one attached hydrogen (secondary N) is 2. The van der Waals surface area contributed by atoms with E-state index in [0.29, 0.717) is 32.5 Å². The number of rotatable bonds is 5. The molecule has 2 heterocycles. The van der Waals surface area contributed by atoms with Gasteiger partial charge in [0, 0.05) is 45.7 Å². The predicted molar refractivity (Wildman–Crippen MR) is 111 cm³/mol. The summed E-state index contributed by atoms with van der Waals surface area (Å²) in [5.74, 6) is -0.167. The van der Waals surface area contributed by atoms with Gasteiger partial charge in [-0.2, -0.15) is 17.0 Å². The van der Waals surface area contributed by atoms with Crippen molar-refractivity contribution in [3.05, 3.63) is 0 Å². The van der Waals surface area contributed by atoms with Crippen LogP contribution in [0.3, 0.4) is 0 Å². The van der Waals surface area contributed by atoms with E-state index >= 15 is 0 Å². The van der Waals surface area contributed by atoms with Gasteiger partial charge in [-0.15, -0.1) is 0 Å². The van der Waals surface area contributed by atoms with Crippen LogP contribution in [0, 0.1) is 5.41 Å². The summed E-state index contributed by atoms with van der Waals surface area (Å²) in [6.07, 6.45) is 2.64. The molecule has 3 rings (SSSR count). The van der Waals surface area contributed by atoms with Crippen molar-refractivity contribution < 1.29 is 22.8 Å². The monoisotopic (exact) mass is 443 g/mol. The fourth-order valence-electron chi connectivity index (χ4n) is 4.22. The first-order valence-electron chi connectivity index (χ1n) is 10.5. The molecule has 2 saturated heterocycles. The largest absolute Gasteiger partial charge is 0.334 e. The highest BCUT2D eigenvalue weighted by atomic mass is 32.2. The Kier molecular flexibility index (Phi) is 6.18. The van der Waals surface area contributed by atoms with Crippen LogP contribution in [-0.2, 0) is 19.8 Å². The summed E-state index contributed by atoms with van der Waals surface area (Å²) >= 11 is 0. The number of amides is 3. The Labute approximate surface area is 178 Å². The maximum absolute atomic E-state index is 12.6. The van der Waals surface area contributed by atoms with E-state index in [1.807, 2.05) is 20.8 Å². The fourth-order valence-corrected chi connectivity index (χ4v) is 5.67. The first-order valence-corrected chi connectivity index (χ1v) is 11.9. The van der Waals surface area contributed by atoms with Gasteiger partial charge in [0.1, 0.15) is 5.54 Å². The quantitative estimate of drug-likeness (QED) is 0.616. The van der Waals surface area contributed by atoms with Gasteiger partial charge in [-0.05, 0) is 24.7 Å². The van der Waals surface area contributed by atoms with Crippen LogP contribution in [0.5, 0.6) is 0 Å². The first kappa shape index (κ1) is 23.0. The molecule has 2 aliphatic heterocycles. The number of ketones is 1. The van der Waals surface area contributed by atoms with Crippen molar-refractivity contribution >= 4 is 27.9 Å². The summed E-state index contributed by atoms with van der Waals surface area (Å²) in [6, 6.07) is -0.974. The van der Waals surface area contributed by atoms with Crippen LogP contribution < -0.4 is 10.6 Å². The molecule has 30 heavy (non-hydrogen) atoms. The minimum Gasteiger partial charge on any atom is -0.334 e. The zero-order valence-electron chi connectivity index (χ0n) is 18.2. The fraction of sp³-hybridized carbons (Fsp3) is 0.842. The number of carbonyl (C=O) groups is 3. The third-order valence-electron chi connectivity index (χ3n) is 6.37. The SMILES string of the molecule is CN1CCCN(CC(NC(=O)NCC(=O)N2CCCC23CC3=O)C(C)(C)C)S1(=O)=O. The van der Waals surface area contributed by atoms with Crippen molar-refractivity contribution in [1.29, 1.82) is 0 Å². The summed E-state index contributed by atoms with van der Waals surface area (Å²) in [6.45, 7) is 7.17. The molecule has 3 amide bonds. The summed E-state index contributed by atoms with van der Waals surface area (Å²) in [5, 5.41) is 5.41. The van der Waals surface area contributed by atoms with Crippen molar-refractivity contribution in [2.45, 2.75) is 58.0 Å². The van der Waals surface area contributed by atoms with E-state index in [0.717, 1.165) is 12.8 Å². The van der Waals surface area contributed by atoms with Gasteiger partial charge in [-0.3, -0.25) is 9.59 Å². The molecule has 1 spiro atoms. The van der Waals surface area contributed by atoms with Gasteiger partial charge in [0.25, 0.3) is 10.2 Å². The van der Waals surface area contributed by atoms with Crippen LogP contribution >= 0.6 is 0 Å². The number of hydrogen-bond acceptors (Lipinski definition) is 5. The Morgan fingerprint density at radius 1 is 1.17 bits per heavy atom. The molecule has 0 bridgehead atoms. The summed E-state index contributed by atoms with van der Waals surface area (Å²) < 4.78 is 27.8. The average Bonchev–Trinajstić information content (AvgIpc) is 3.08. The van der Waals surface area contributed by atoms with Crippen LogP contribution in [-0.4, -0.2) is 91.0 Å². The van der Waals surface area contributed by atoms with Crippen LogP contribution in [0.4, 0.5) is 4.79 Å². The minimum atomic E-state index is -3.54. The van der Waals surface area contributed by atoms with Crippen LogP contribution in [0.25, 0.3) is 0 Å². The van der Waals surface area contributed by atoms with Gasteiger partial charge in [0.2, 0.25) is 5.91 Å². The number of urea groups is 1. The van der Waals surface area contributed by atoms with Gasteiger partial charge in [-0.25, -0.2) is 4.79 Å². The van der Waals surface area contributed by atoms with E-state index in [-0.39, 0.29) is 24.8 Å². The molecule has 2 N–H and O–H groups in total. The van der Waals surface area contributed by atoms with Crippen LogP contribution in [0.1, 0.15) is 46.5 Å². The minimum absolute atomic E-state index is 0.0957. The molecule has 10 nitrogen and oxygen atoms in total. The third-order valence-corrected chi connectivity index (χ3v) is 8.33. The molecule has 2 unspecified atom stereocenters. The van der Waals surface area contributed by atoms with E-state index < -0.39 is 33.2 Å². The summed E-state index contributed by atoms with van der Waals surface area (Å²) in [7, 11) is -1.99. The zero-order chi connectivity index (χ0) is 22.3. The molecule has 3 aliphatic rings. The lowest BCUT2D eigenvalue weighted by atomic mass is 9.86. The topological polar surface area (TPSA) is 119 Å². The van der Waals surface area contributed by atoms with E-state index in [4.69, 9.17) is 0 Å². The van der Waals surface area contributed by atoms with Crippen molar-refractivity contribution in [2.75, 3.05) is 39.8 Å². The molecule has 0 aromatic carbocycles. The average molecular weight is 444 g/mol. The van der Waals surface area contributed by atoms with Gasteiger partial charge in [-0.1, -0.05) is 20.8 Å². The lowest BCUT2D eigenvalue weighted by Crippen LogP contribution is -2.58. The molecule has 11 heteroatoms. The van der Waals surface area contributed by atoms with Gasteiger partial charge < -0.3 is 15.5 Å². The molecule has 0 radical (unpaired) electrons. The van der Waals surface area contributed by atoms with Gasteiger partial charge in [0.05, 0.1) is 6.54 Å². The Morgan fingerprint density at radius 2 is 1.83 bits per heavy atom. The Hall–Kier alpha value is -1.72. The summed E-state index contributed by atoms with van der Waals surface area (Å²) in [5.41, 5.74) is -1.01. The second kappa shape index (κ2) is 8.08. The molecular formula is C19H33N5O5S. The second-order valence-electron chi connectivity index (χ2n) is 9.57. The maximum Gasteiger partial charge on any atom is 0.315 e.